The van der Waals surface area contributed by atoms with Gasteiger partial charge in [-0.05, 0) is 61.9 Å². The van der Waals surface area contributed by atoms with Crippen molar-refractivity contribution in [2.24, 2.45) is 13.0 Å². The van der Waals surface area contributed by atoms with Crippen LogP contribution in [0.1, 0.15) is 35.4 Å². The van der Waals surface area contributed by atoms with E-state index in [0.717, 1.165) is 32.4 Å². The molecule has 1 aliphatic heterocycles. The molecule has 0 saturated carbocycles. The van der Waals surface area contributed by atoms with Crippen LogP contribution >= 0.6 is 11.3 Å². The molecule has 0 bridgehead atoms. The maximum Gasteiger partial charge on any atom is 0.307 e. The molecule has 134 valence electrons. The van der Waals surface area contributed by atoms with Crippen LogP contribution in [0.2, 0.25) is 0 Å². The van der Waals surface area contributed by atoms with Crippen LogP contribution in [0.5, 0.6) is 0 Å². The third kappa shape index (κ3) is 4.22. The molecule has 3 rings (SSSR count). The number of hydrogen-bond donors (Lipinski definition) is 1. The van der Waals surface area contributed by atoms with Crippen LogP contribution in [0.15, 0.2) is 35.9 Å². The molecule has 1 unspecified atom stereocenters. The molecule has 3 heterocycles. The molecule has 5 heteroatoms. The van der Waals surface area contributed by atoms with Crippen molar-refractivity contribution < 1.29 is 9.90 Å². The van der Waals surface area contributed by atoms with Gasteiger partial charge in [-0.15, -0.1) is 11.3 Å². The van der Waals surface area contributed by atoms with Gasteiger partial charge in [0.25, 0.3) is 0 Å². The lowest BCUT2D eigenvalue weighted by atomic mass is 9.98. The number of likely N-dealkylation sites (tertiary alicyclic amines) is 1. The van der Waals surface area contributed by atoms with Gasteiger partial charge in [0.1, 0.15) is 0 Å². The Kier molecular flexibility index (Phi) is 5.76. The molecular weight excluding hydrogens is 332 g/mol. The van der Waals surface area contributed by atoms with Gasteiger partial charge in [0.15, 0.2) is 0 Å². The minimum atomic E-state index is -0.654. The van der Waals surface area contributed by atoms with Crippen LogP contribution in [0.4, 0.5) is 0 Å². The number of carboxylic acids is 1. The third-order valence-corrected chi connectivity index (χ3v) is 6.02. The van der Waals surface area contributed by atoms with E-state index in [1.54, 1.807) is 11.3 Å². The molecule has 0 radical (unpaired) electrons. The number of nitrogens with zero attached hydrogens (tertiary/aromatic N) is 2. The van der Waals surface area contributed by atoms with E-state index >= 15 is 0 Å². The molecular formula is C20H26N2O2S. The fourth-order valence-electron chi connectivity index (χ4n) is 3.55. The van der Waals surface area contributed by atoms with Crippen LogP contribution in [0, 0.1) is 12.8 Å². The molecule has 1 fully saturated rings. The standard InChI is InChI=1S/C20H26N2O2S/c1-15-9-13-25-19(15)17(18-8-5-10-21(18)2)7-4-12-22-11-3-6-16(14-22)20(23)24/h5,7-10,13,16H,3-4,6,11-12,14H2,1-2H3,(H,23,24). The fourth-order valence-corrected chi connectivity index (χ4v) is 4.53. The highest BCUT2D eigenvalue weighted by atomic mass is 32.1. The van der Waals surface area contributed by atoms with Gasteiger partial charge in [-0.1, -0.05) is 6.08 Å². The van der Waals surface area contributed by atoms with Crippen molar-refractivity contribution in [2.45, 2.75) is 26.2 Å². The number of aliphatic carboxylic acids is 1. The lowest BCUT2D eigenvalue weighted by Crippen LogP contribution is -2.39. The van der Waals surface area contributed by atoms with Gasteiger partial charge in [-0.3, -0.25) is 4.79 Å². The van der Waals surface area contributed by atoms with Crippen LogP contribution in [0.3, 0.4) is 0 Å². The second kappa shape index (κ2) is 8.02. The first kappa shape index (κ1) is 18.0. The minimum Gasteiger partial charge on any atom is -0.481 e. The van der Waals surface area contributed by atoms with E-state index in [9.17, 15) is 9.90 Å². The van der Waals surface area contributed by atoms with Gasteiger partial charge in [0.2, 0.25) is 0 Å². The van der Waals surface area contributed by atoms with Crippen LogP contribution in [-0.2, 0) is 11.8 Å². The van der Waals surface area contributed by atoms with Crippen LogP contribution in [-0.4, -0.2) is 40.2 Å². The molecule has 0 amide bonds. The van der Waals surface area contributed by atoms with Gasteiger partial charge in [-0.2, -0.15) is 0 Å². The first-order valence-corrected chi connectivity index (χ1v) is 9.75. The number of thiophene rings is 1. The predicted octanol–water partition coefficient (Wildman–Crippen LogP) is 4.01. The average molecular weight is 359 g/mol. The second-order valence-electron chi connectivity index (χ2n) is 6.82. The average Bonchev–Trinajstić information content (AvgIpc) is 3.21. The number of hydrogen-bond acceptors (Lipinski definition) is 3. The number of rotatable bonds is 6. The summed E-state index contributed by atoms with van der Waals surface area (Å²) < 4.78 is 2.16. The van der Waals surface area contributed by atoms with Crippen molar-refractivity contribution >= 4 is 22.9 Å². The Labute approximate surface area is 153 Å². The van der Waals surface area contributed by atoms with Gasteiger partial charge in [0, 0.05) is 42.5 Å². The molecule has 1 atom stereocenters. The van der Waals surface area contributed by atoms with Crippen LogP contribution < -0.4 is 0 Å². The summed E-state index contributed by atoms with van der Waals surface area (Å²) in [7, 11) is 2.08. The topological polar surface area (TPSA) is 45.5 Å². The summed E-state index contributed by atoms with van der Waals surface area (Å²) in [5.41, 5.74) is 3.82. The van der Waals surface area contributed by atoms with Crippen molar-refractivity contribution in [3.05, 3.63) is 52.0 Å². The molecule has 0 aliphatic carbocycles. The number of piperidine rings is 1. The Bertz CT molecular complexity index is 717. The van der Waals surface area contributed by atoms with Crippen molar-refractivity contribution in [1.82, 2.24) is 9.47 Å². The highest BCUT2D eigenvalue weighted by molar-refractivity contribution is 7.11. The molecule has 1 aliphatic rings. The summed E-state index contributed by atoms with van der Waals surface area (Å²) in [6, 6.07) is 6.40. The predicted molar refractivity (Wildman–Crippen MR) is 103 cm³/mol. The third-order valence-electron chi connectivity index (χ3n) is 4.97. The van der Waals surface area contributed by atoms with E-state index in [0.29, 0.717) is 6.54 Å². The van der Waals surface area contributed by atoms with Gasteiger partial charge in [0.05, 0.1) is 5.92 Å². The Morgan fingerprint density at radius 1 is 1.44 bits per heavy atom. The monoisotopic (exact) mass is 358 g/mol. The van der Waals surface area contributed by atoms with E-state index in [2.05, 4.69) is 59.3 Å². The smallest absolute Gasteiger partial charge is 0.307 e. The van der Waals surface area contributed by atoms with E-state index in [4.69, 9.17) is 0 Å². The first-order chi connectivity index (χ1) is 12.1. The van der Waals surface area contributed by atoms with E-state index < -0.39 is 5.97 Å². The van der Waals surface area contributed by atoms with Gasteiger partial charge in [-0.25, -0.2) is 0 Å². The molecule has 2 aromatic heterocycles. The first-order valence-electron chi connectivity index (χ1n) is 8.87. The fraction of sp³-hybridized carbons (Fsp3) is 0.450. The quantitative estimate of drug-likeness (QED) is 0.848. The number of aromatic nitrogens is 1. The normalized spacial score (nSPS) is 19.3. The molecule has 4 nitrogen and oxygen atoms in total. The molecule has 25 heavy (non-hydrogen) atoms. The maximum absolute atomic E-state index is 11.2. The number of carbonyl (C=O) groups is 1. The van der Waals surface area contributed by atoms with Crippen molar-refractivity contribution in [3.63, 3.8) is 0 Å². The highest BCUT2D eigenvalue weighted by Gasteiger charge is 2.24. The lowest BCUT2D eigenvalue weighted by molar-refractivity contribution is -0.143. The zero-order valence-electron chi connectivity index (χ0n) is 14.9. The molecule has 0 spiro atoms. The SMILES string of the molecule is Cc1ccsc1C(=CCCN1CCCC(C(=O)O)C1)c1cccn1C. The van der Waals surface area contributed by atoms with E-state index in [1.807, 2.05) is 0 Å². The van der Waals surface area contributed by atoms with Crippen molar-refractivity contribution in [2.75, 3.05) is 19.6 Å². The summed E-state index contributed by atoms with van der Waals surface area (Å²) in [6.45, 7) is 4.77. The Morgan fingerprint density at radius 2 is 2.28 bits per heavy atom. The zero-order valence-corrected chi connectivity index (χ0v) is 15.8. The largest absolute Gasteiger partial charge is 0.481 e. The summed E-state index contributed by atoms with van der Waals surface area (Å²) in [4.78, 5) is 14.8. The summed E-state index contributed by atoms with van der Waals surface area (Å²) >= 11 is 1.78. The zero-order chi connectivity index (χ0) is 17.8. The van der Waals surface area contributed by atoms with Crippen molar-refractivity contribution in [1.29, 1.82) is 0 Å². The summed E-state index contributed by atoms with van der Waals surface area (Å²) in [6.07, 6.45) is 7.12. The summed E-state index contributed by atoms with van der Waals surface area (Å²) in [5, 5.41) is 11.4. The summed E-state index contributed by atoms with van der Waals surface area (Å²) in [5.74, 6) is -0.858. The Balaban J connectivity index is 1.73. The lowest BCUT2D eigenvalue weighted by Gasteiger charge is -2.30. The van der Waals surface area contributed by atoms with Gasteiger partial charge < -0.3 is 14.6 Å². The molecule has 1 saturated heterocycles. The van der Waals surface area contributed by atoms with E-state index in [-0.39, 0.29) is 5.92 Å². The maximum atomic E-state index is 11.2. The minimum absolute atomic E-state index is 0.204. The second-order valence-corrected chi connectivity index (χ2v) is 7.74. The van der Waals surface area contributed by atoms with Crippen LogP contribution in [0.25, 0.3) is 5.57 Å². The Hall–Kier alpha value is -1.85. The van der Waals surface area contributed by atoms with E-state index in [1.165, 1.54) is 21.7 Å². The number of aryl methyl sites for hydroxylation is 2. The highest BCUT2D eigenvalue weighted by Crippen LogP contribution is 2.31. The number of carboxylic acid groups (broad SMARTS) is 1. The molecule has 0 aromatic carbocycles. The molecule has 1 N–H and O–H groups in total. The Morgan fingerprint density at radius 3 is 2.92 bits per heavy atom. The molecule has 2 aromatic rings. The van der Waals surface area contributed by atoms with Gasteiger partial charge >= 0.3 is 5.97 Å². The van der Waals surface area contributed by atoms with Crippen molar-refractivity contribution in [3.8, 4) is 0 Å².